The average molecular weight is 520 g/mol. The number of benzene rings is 2. The van der Waals surface area contributed by atoms with Gasteiger partial charge in [0.15, 0.2) is 16.8 Å². The second kappa shape index (κ2) is 11.4. The summed E-state index contributed by atoms with van der Waals surface area (Å²) < 4.78 is 43.3. The summed E-state index contributed by atoms with van der Waals surface area (Å²) in [4.78, 5) is 6.86. The highest BCUT2D eigenvalue weighted by Crippen LogP contribution is 2.37. The van der Waals surface area contributed by atoms with Crippen LogP contribution in [-0.4, -0.2) is 62.8 Å². The molecular weight excluding hydrogens is 487 g/mol. The minimum Gasteiger partial charge on any atom is -0.394 e. The van der Waals surface area contributed by atoms with Crippen LogP contribution in [0.5, 0.6) is 0 Å². The van der Waals surface area contributed by atoms with Gasteiger partial charge in [-0.1, -0.05) is 31.7 Å². The van der Waals surface area contributed by atoms with Crippen LogP contribution in [0.15, 0.2) is 53.8 Å². The van der Waals surface area contributed by atoms with E-state index in [4.69, 9.17) is 5.11 Å². The van der Waals surface area contributed by atoms with Crippen LogP contribution in [0.3, 0.4) is 0 Å². The number of rotatable bonds is 9. The molecule has 0 spiro atoms. The van der Waals surface area contributed by atoms with Crippen LogP contribution in [0.4, 0.5) is 13.2 Å². The molecule has 2 N–H and O–H groups in total. The molecule has 9 heteroatoms. The Hall–Kier alpha value is -2.33. The number of piperidine rings is 1. The first-order valence-corrected chi connectivity index (χ1v) is 13.1. The molecule has 36 heavy (non-hydrogen) atoms. The Morgan fingerprint density at radius 3 is 2.39 bits per heavy atom. The number of aliphatic hydroxyl groups excluding tert-OH is 2. The molecule has 0 bridgehead atoms. The number of aliphatic hydroxyl groups is 2. The van der Waals surface area contributed by atoms with Crippen LogP contribution in [0.2, 0.25) is 0 Å². The minimum atomic E-state index is -0.902. The Labute approximate surface area is 214 Å². The molecule has 194 valence electrons. The van der Waals surface area contributed by atoms with Gasteiger partial charge in [0.05, 0.1) is 24.6 Å². The Morgan fingerprint density at radius 1 is 1.06 bits per heavy atom. The number of β-amino-alcohol motifs (C(OH)–C–C–N with tert-alkyl or cyclic N) is 1. The molecule has 0 amide bonds. The maximum Gasteiger partial charge on any atom is 0.172 e. The molecule has 3 aromatic rings. The molecule has 4 rings (SSSR count). The molecule has 1 aliphatic rings. The highest BCUT2D eigenvalue weighted by molar-refractivity contribution is 7.99. The first kappa shape index (κ1) is 26.7. The number of halogens is 3. The number of nitrogens with zero attached hydrogens (tertiary/aromatic N) is 3. The van der Waals surface area contributed by atoms with E-state index in [2.05, 4.69) is 9.88 Å². The van der Waals surface area contributed by atoms with Crippen LogP contribution in [-0.2, 0) is 5.41 Å². The zero-order valence-electron chi connectivity index (χ0n) is 20.5. The van der Waals surface area contributed by atoms with Crippen molar-refractivity contribution in [2.75, 3.05) is 32.0 Å². The van der Waals surface area contributed by atoms with Crippen molar-refractivity contribution in [3.05, 3.63) is 77.4 Å². The zero-order valence-corrected chi connectivity index (χ0v) is 21.3. The summed E-state index contributed by atoms with van der Waals surface area (Å²) in [5.41, 5.74) is 1.44. The molecule has 0 radical (unpaired) electrons. The van der Waals surface area contributed by atoms with Gasteiger partial charge in [0, 0.05) is 23.4 Å². The van der Waals surface area contributed by atoms with Crippen molar-refractivity contribution in [3.63, 3.8) is 0 Å². The van der Waals surface area contributed by atoms with Crippen LogP contribution in [0.25, 0.3) is 5.69 Å². The summed E-state index contributed by atoms with van der Waals surface area (Å²) in [5.74, 6) is -0.818. The first-order valence-electron chi connectivity index (χ1n) is 12.1. The molecule has 5 nitrogen and oxygen atoms in total. The number of imidazole rings is 1. The van der Waals surface area contributed by atoms with E-state index < -0.39 is 23.2 Å². The van der Waals surface area contributed by atoms with Crippen LogP contribution in [0, 0.1) is 23.4 Å². The maximum absolute atomic E-state index is 14.1. The molecule has 1 aromatic heterocycles. The van der Waals surface area contributed by atoms with E-state index in [1.165, 1.54) is 18.2 Å². The lowest BCUT2D eigenvalue weighted by Crippen LogP contribution is -2.40. The second-order valence-electron chi connectivity index (χ2n) is 9.88. The van der Waals surface area contributed by atoms with Crippen molar-refractivity contribution in [1.82, 2.24) is 14.5 Å². The molecule has 1 atom stereocenters. The van der Waals surface area contributed by atoms with E-state index in [1.807, 2.05) is 18.4 Å². The standard InChI is InChI=1S/C27H32F3N3O2S/c1-27(2,19-3-8-23(29)24(30)13-19)25-14-31-26(33(25)21-6-4-20(28)5-7-21)36-17-18-9-11-32(12-10-18)15-22(35)16-34/h3-8,13-14,18,22,34-35H,9-12,15-17H2,1-2H3. The van der Waals surface area contributed by atoms with Crippen molar-refractivity contribution in [2.45, 2.75) is 43.4 Å². The van der Waals surface area contributed by atoms with Gasteiger partial charge in [0.2, 0.25) is 0 Å². The summed E-state index contributed by atoms with van der Waals surface area (Å²) >= 11 is 1.63. The number of thioether (sulfide) groups is 1. The van der Waals surface area contributed by atoms with Gasteiger partial charge in [0.25, 0.3) is 0 Å². The fourth-order valence-electron chi connectivity index (χ4n) is 4.63. The van der Waals surface area contributed by atoms with Crippen molar-refractivity contribution < 1.29 is 23.4 Å². The third-order valence-corrected chi connectivity index (χ3v) is 8.12. The Balaban J connectivity index is 1.57. The quantitative estimate of drug-likeness (QED) is 0.399. The lowest BCUT2D eigenvalue weighted by atomic mass is 9.81. The maximum atomic E-state index is 14.1. The topological polar surface area (TPSA) is 61.5 Å². The van der Waals surface area contributed by atoms with E-state index in [0.717, 1.165) is 54.3 Å². The predicted molar refractivity (Wildman–Crippen MR) is 135 cm³/mol. The number of hydrogen-bond acceptors (Lipinski definition) is 5. The lowest BCUT2D eigenvalue weighted by molar-refractivity contribution is 0.0488. The monoisotopic (exact) mass is 519 g/mol. The number of aromatic nitrogens is 2. The fraction of sp³-hybridized carbons (Fsp3) is 0.444. The molecule has 1 unspecified atom stereocenters. The zero-order chi connectivity index (χ0) is 25.9. The molecule has 1 fully saturated rings. The molecule has 1 aliphatic heterocycles. The van der Waals surface area contributed by atoms with Gasteiger partial charge in [-0.3, -0.25) is 4.57 Å². The molecule has 2 aromatic carbocycles. The summed E-state index contributed by atoms with van der Waals surface area (Å²) in [7, 11) is 0. The summed E-state index contributed by atoms with van der Waals surface area (Å²) in [6, 6.07) is 10.1. The molecule has 0 saturated carbocycles. The van der Waals surface area contributed by atoms with Gasteiger partial charge in [0.1, 0.15) is 5.82 Å². The van der Waals surface area contributed by atoms with E-state index in [9.17, 15) is 18.3 Å². The summed E-state index contributed by atoms with van der Waals surface area (Å²) in [6.45, 7) is 5.84. The van der Waals surface area contributed by atoms with Gasteiger partial charge in [-0.15, -0.1) is 0 Å². The smallest absolute Gasteiger partial charge is 0.172 e. The predicted octanol–water partition coefficient (Wildman–Crippen LogP) is 4.77. The largest absolute Gasteiger partial charge is 0.394 e. The molecule has 0 aliphatic carbocycles. The van der Waals surface area contributed by atoms with Gasteiger partial charge in [-0.25, -0.2) is 18.2 Å². The highest BCUT2D eigenvalue weighted by atomic mass is 32.2. The molecule has 2 heterocycles. The van der Waals surface area contributed by atoms with Gasteiger partial charge in [-0.05, 0) is 73.8 Å². The Morgan fingerprint density at radius 2 is 1.75 bits per heavy atom. The SMILES string of the molecule is CC(C)(c1ccc(F)c(F)c1)c1cnc(SCC2CCN(CC(O)CO)CC2)n1-c1ccc(F)cc1. The van der Waals surface area contributed by atoms with Crippen molar-refractivity contribution in [3.8, 4) is 5.69 Å². The van der Waals surface area contributed by atoms with Crippen molar-refractivity contribution >= 4 is 11.8 Å². The van der Waals surface area contributed by atoms with Crippen molar-refractivity contribution in [2.24, 2.45) is 5.92 Å². The molecule has 1 saturated heterocycles. The average Bonchev–Trinajstić information content (AvgIpc) is 3.30. The normalized spacial score (nSPS) is 16.4. The van der Waals surface area contributed by atoms with Gasteiger partial charge < -0.3 is 15.1 Å². The minimum absolute atomic E-state index is 0.231. The Kier molecular flexibility index (Phi) is 8.44. The third-order valence-electron chi connectivity index (χ3n) is 6.93. The van der Waals surface area contributed by atoms with Crippen molar-refractivity contribution in [1.29, 1.82) is 0 Å². The Bertz CT molecular complexity index is 1160. The van der Waals surface area contributed by atoms with Crippen LogP contribution < -0.4 is 0 Å². The number of likely N-dealkylation sites (tertiary alicyclic amines) is 1. The lowest BCUT2D eigenvalue weighted by Gasteiger charge is -2.32. The second-order valence-corrected chi connectivity index (χ2v) is 10.9. The van der Waals surface area contributed by atoms with E-state index in [0.29, 0.717) is 18.0 Å². The first-order chi connectivity index (χ1) is 17.2. The fourth-order valence-corrected chi connectivity index (χ4v) is 5.81. The van der Waals surface area contributed by atoms with E-state index in [1.54, 1.807) is 36.2 Å². The summed E-state index contributed by atoms with van der Waals surface area (Å²) in [6.07, 6.45) is 3.01. The van der Waals surface area contributed by atoms with E-state index >= 15 is 0 Å². The van der Waals surface area contributed by atoms with Gasteiger partial charge >= 0.3 is 0 Å². The third kappa shape index (κ3) is 5.96. The van der Waals surface area contributed by atoms with Gasteiger partial charge in [-0.2, -0.15) is 0 Å². The summed E-state index contributed by atoms with van der Waals surface area (Å²) in [5, 5.41) is 19.5. The van der Waals surface area contributed by atoms with Crippen LogP contribution in [0.1, 0.15) is 37.9 Å². The van der Waals surface area contributed by atoms with E-state index in [-0.39, 0.29) is 12.4 Å². The highest BCUT2D eigenvalue weighted by Gasteiger charge is 2.31. The molecular formula is C27H32F3N3O2S. The van der Waals surface area contributed by atoms with Crippen LogP contribution >= 0.6 is 11.8 Å². The number of hydrogen-bond donors (Lipinski definition) is 2.